The molecule has 2 aromatic carbocycles. The molecule has 2 rings (SSSR count). The maximum atomic E-state index is 9.71. The summed E-state index contributed by atoms with van der Waals surface area (Å²) >= 11 is 0. The predicted molar refractivity (Wildman–Crippen MR) is 80.5 cm³/mol. The minimum atomic E-state index is 0.242. The normalized spacial score (nSPS) is 13.2. The summed E-state index contributed by atoms with van der Waals surface area (Å²) in [6.07, 6.45) is 1.06. The standard InChI is InChI=1S/C18H22O/c1-18(2,3)13-17(14-8-5-4-6-9-14)15-10-7-11-16(19)12-15/h4-12,17,19H,13H2,1-3H3. The van der Waals surface area contributed by atoms with Crippen LogP contribution in [-0.2, 0) is 0 Å². The van der Waals surface area contributed by atoms with Gasteiger partial charge in [-0.25, -0.2) is 0 Å². The molecule has 0 spiro atoms. The molecule has 0 aromatic heterocycles. The van der Waals surface area contributed by atoms with Crippen LogP contribution in [0.1, 0.15) is 44.2 Å². The second kappa shape index (κ2) is 5.48. The van der Waals surface area contributed by atoms with E-state index in [0.717, 1.165) is 6.42 Å². The van der Waals surface area contributed by atoms with Gasteiger partial charge in [-0.1, -0.05) is 63.2 Å². The maximum Gasteiger partial charge on any atom is 0.115 e. The molecule has 100 valence electrons. The Labute approximate surface area is 115 Å². The zero-order chi connectivity index (χ0) is 13.9. The van der Waals surface area contributed by atoms with E-state index in [1.807, 2.05) is 18.2 Å². The van der Waals surface area contributed by atoms with E-state index in [4.69, 9.17) is 0 Å². The van der Waals surface area contributed by atoms with Gasteiger partial charge >= 0.3 is 0 Å². The third-order valence-electron chi connectivity index (χ3n) is 3.29. The van der Waals surface area contributed by atoms with Crippen molar-refractivity contribution >= 4 is 0 Å². The van der Waals surface area contributed by atoms with E-state index in [9.17, 15) is 5.11 Å². The summed E-state index contributed by atoms with van der Waals surface area (Å²) in [7, 11) is 0. The Morgan fingerprint density at radius 3 is 2.11 bits per heavy atom. The van der Waals surface area contributed by atoms with E-state index in [1.165, 1.54) is 11.1 Å². The number of hydrogen-bond donors (Lipinski definition) is 1. The summed E-state index contributed by atoms with van der Waals surface area (Å²) in [5.74, 6) is 0.667. The highest BCUT2D eigenvalue weighted by Crippen LogP contribution is 2.36. The van der Waals surface area contributed by atoms with Crippen LogP contribution in [0.4, 0.5) is 0 Å². The molecule has 0 bridgehead atoms. The summed E-state index contributed by atoms with van der Waals surface area (Å²) in [5, 5.41) is 9.71. The monoisotopic (exact) mass is 254 g/mol. The van der Waals surface area contributed by atoms with Gasteiger partial charge in [0.05, 0.1) is 0 Å². The molecule has 0 aliphatic carbocycles. The smallest absolute Gasteiger partial charge is 0.115 e. The minimum Gasteiger partial charge on any atom is -0.508 e. The Balaban J connectivity index is 2.40. The molecule has 0 radical (unpaired) electrons. The Hall–Kier alpha value is -1.76. The van der Waals surface area contributed by atoms with E-state index in [1.54, 1.807) is 6.07 Å². The summed E-state index contributed by atoms with van der Waals surface area (Å²) in [4.78, 5) is 0. The first-order valence-electron chi connectivity index (χ1n) is 6.79. The van der Waals surface area contributed by atoms with Crippen molar-refractivity contribution in [3.05, 3.63) is 65.7 Å². The average Bonchev–Trinajstić information content (AvgIpc) is 2.36. The fraction of sp³-hybridized carbons (Fsp3) is 0.333. The first-order valence-corrected chi connectivity index (χ1v) is 6.79. The average molecular weight is 254 g/mol. The molecule has 1 N–H and O–H groups in total. The Bertz CT molecular complexity index is 523. The van der Waals surface area contributed by atoms with Gasteiger partial charge in [0.15, 0.2) is 0 Å². The highest BCUT2D eigenvalue weighted by molar-refractivity contribution is 5.36. The molecule has 1 atom stereocenters. The van der Waals surface area contributed by atoms with Crippen molar-refractivity contribution in [2.75, 3.05) is 0 Å². The van der Waals surface area contributed by atoms with Crippen LogP contribution in [-0.4, -0.2) is 5.11 Å². The number of aromatic hydroxyl groups is 1. The van der Waals surface area contributed by atoms with Crippen molar-refractivity contribution in [3.8, 4) is 5.75 Å². The van der Waals surface area contributed by atoms with Gasteiger partial charge < -0.3 is 5.11 Å². The lowest BCUT2D eigenvalue weighted by Crippen LogP contribution is -2.13. The van der Waals surface area contributed by atoms with Crippen molar-refractivity contribution in [2.45, 2.75) is 33.1 Å². The summed E-state index contributed by atoms with van der Waals surface area (Å²) < 4.78 is 0. The maximum absolute atomic E-state index is 9.71. The molecular formula is C18H22O. The van der Waals surface area contributed by atoms with Crippen LogP contribution in [0.15, 0.2) is 54.6 Å². The van der Waals surface area contributed by atoms with Gasteiger partial charge in [0.1, 0.15) is 5.75 Å². The highest BCUT2D eigenvalue weighted by Gasteiger charge is 2.21. The molecule has 0 aliphatic heterocycles. The van der Waals surface area contributed by atoms with Crippen LogP contribution in [0.3, 0.4) is 0 Å². The van der Waals surface area contributed by atoms with Crippen LogP contribution in [0.2, 0.25) is 0 Å². The van der Waals surface area contributed by atoms with E-state index >= 15 is 0 Å². The first-order chi connectivity index (χ1) is 8.96. The van der Waals surface area contributed by atoms with Crippen molar-refractivity contribution in [1.82, 2.24) is 0 Å². The zero-order valence-corrected chi connectivity index (χ0v) is 11.9. The molecule has 0 amide bonds. The van der Waals surface area contributed by atoms with Crippen molar-refractivity contribution in [2.24, 2.45) is 5.41 Å². The molecule has 0 saturated heterocycles. The molecule has 0 fully saturated rings. The van der Waals surface area contributed by atoms with Crippen LogP contribution >= 0.6 is 0 Å². The van der Waals surface area contributed by atoms with E-state index in [-0.39, 0.29) is 5.41 Å². The predicted octanol–water partition coefficient (Wildman–Crippen LogP) is 4.96. The van der Waals surface area contributed by atoms with Gasteiger partial charge in [-0.05, 0) is 35.1 Å². The molecule has 0 aliphatic rings. The molecule has 0 heterocycles. The number of phenolic OH excluding ortho intramolecular Hbond substituents is 1. The van der Waals surface area contributed by atoms with Crippen LogP contribution in [0.5, 0.6) is 5.75 Å². The van der Waals surface area contributed by atoms with E-state index in [2.05, 4.69) is 51.1 Å². The van der Waals surface area contributed by atoms with Crippen molar-refractivity contribution in [1.29, 1.82) is 0 Å². The van der Waals surface area contributed by atoms with Gasteiger partial charge in [-0.15, -0.1) is 0 Å². The lowest BCUT2D eigenvalue weighted by molar-refractivity contribution is 0.356. The molecule has 1 nitrogen and oxygen atoms in total. The molecule has 0 saturated carbocycles. The SMILES string of the molecule is CC(C)(C)CC(c1ccccc1)c1cccc(O)c1. The van der Waals surface area contributed by atoms with Crippen LogP contribution in [0, 0.1) is 5.41 Å². The lowest BCUT2D eigenvalue weighted by Gasteiger charge is -2.27. The Morgan fingerprint density at radius 2 is 1.53 bits per heavy atom. The van der Waals surface area contributed by atoms with E-state index in [0.29, 0.717) is 11.7 Å². The third-order valence-corrected chi connectivity index (χ3v) is 3.29. The largest absolute Gasteiger partial charge is 0.508 e. The van der Waals surface area contributed by atoms with Gasteiger partial charge in [-0.3, -0.25) is 0 Å². The topological polar surface area (TPSA) is 20.2 Å². The molecular weight excluding hydrogens is 232 g/mol. The zero-order valence-electron chi connectivity index (χ0n) is 11.9. The van der Waals surface area contributed by atoms with Gasteiger partial charge in [0.25, 0.3) is 0 Å². The van der Waals surface area contributed by atoms with Crippen molar-refractivity contribution < 1.29 is 5.11 Å². The number of rotatable bonds is 3. The molecule has 19 heavy (non-hydrogen) atoms. The second-order valence-electron chi connectivity index (χ2n) is 6.32. The Morgan fingerprint density at radius 1 is 0.895 bits per heavy atom. The Kier molecular flexibility index (Phi) is 3.94. The fourth-order valence-corrected chi connectivity index (χ4v) is 2.47. The van der Waals surface area contributed by atoms with Crippen LogP contribution in [0.25, 0.3) is 0 Å². The molecule has 1 heteroatoms. The molecule has 2 aromatic rings. The summed E-state index contributed by atoms with van der Waals surface area (Å²) in [6.45, 7) is 6.77. The molecule has 1 unspecified atom stereocenters. The van der Waals surface area contributed by atoms with Crippen LogP contribution < -0.4 is 0 Å². The highest BCUT2D eigenvalue weighted by atomic mass is 16.3. The number of phenols is 1. The summed E-state index contributed by atoms with van der Waals surface area (Å²) in [6, 6.07) is 18.2. The number of hydrogen-bond acceptors (Lipinski definition) is 1. The first kappa shape index (κ1) is 13.7. The third kappa shape index (κ3) is 3.85. The summed E-state index contributed by atoms with van der Waals surface area (Å²) in [5.41, 5.74) is 2.73. The fourth-order valence-electron chi connectivity index (χ4n) is 2.47. The quantitative estimate of drug-likeness (QED) is 0.820. The van der Waals surface area contributed by atoms with Crippen molar-refractivity contribution in [3.63, 3.8) is 0 Å². The minimum absolute atomic E-state index is 0.242. The second-order valence-corrected chi connectivity index (χ2v) is 6.32. The number of benzene rings is 2. The van der Waals surface area contributed by atoms with Gasteiger partial charge in [0.2, 0.25) is 0 Å². The van der Waals surface area contributed by atoms with E-state index < -0.39 is 0 Å². The lowest BCUT2D eigenvalue weighted by atomic mass is 9.78. The van der Waals surface area contributed by atoms with Gasteiger partial charge in [-0.2, -0.15) is 0 Å². The van der Waals surface area contributed by atoms with Gasteiger partial charge in [0, 0.05) is 5.92 Å².